The average molecular weight is 575 g/mol. The lowest BCUT2D eigenvalue weighted by atomic mass is 10.2. The highest BCUT2D eigenvalue weighted by Crippen LogP contribution is 2.36. The van der Waals surface area contributed by atoms with Crippen molar-refractivity contribution in [2.24, 2.45) is 0 Å². The normalized spacial score (nSPS) is 11.3. The number of hydrogen-bond donors (Lipinski definition) is 0. The van der Waals surface area contributed by atoms with Gasteiger partial charge in [0.2, 0.25) is 16.1 Å². The zero-order valence-electron chi connectivity index (χ0n) is 25.5. The molecule has 0 amide bonds. The van der Waals surface area contributed by atoms with Gasteiger partial charge in [-0.1, -0.05) is 163 Å². The van der Waals surface area contributed by atoms with E-state index < -0.39 is 16.1 Å². The summed E-state index contributed by atoms with van der Waals surface area (Å²) in [5.41, 5.74) is 7.40. The van der Waals surface area contributed by atoms with Gasteiger partial charge in [-0.25, -0.2) is 0 Å². The fraction of sp³-hybridized carbons (Fsp3) is 0.200. The molecule has 0 aromatic heterocycles. The van der Waals surface area contributed by atoms with Crippen molar-refractivity contribution in [2.45, 2.75) is 51.6 Å². The summed E-state index contributed by atoms with van der Waals surface area (Å²) in [6.45, 7) is 13.8. The van der Waals surface area contributed by atoms with Crippen LogP contribution in [0.1, 0.15) is 41.5 Å². The molecule has 0 atom stereocenters. The molecule has 4 aromatic carbocycles. The van der Waals surface area contributed by atoms with Crippen LogP contribution in [0.2, 0.25) is 10.1 Å². The third-order valence-corrected chi connectivity index (χ3v) is 18.2. The zero-order chi connectivity index (χ0) is 30.1. The van der Waals surface area contributed by atoms with Crippen LogP contribution in [0, 0.1) is 46.6 Å². The maximum Gasteiger partial charge on any atom is 0.205 e. The highest BCUT2D eigenvalue weighted by molar-refractivity contribution is 7.10. The molecule has 42 heavy (non-hydrogen) atoms. The van der Waals surface area contributed by atoms with E-state index in [4.69, 9.17) is 0 Å². The van der Waals surface area contributed by atoms with E-state index >= 15 is 0 Å². The summed E-state index contributed by atoms with van der Waals surface area (Å²) in [4.78, 5) is 0. The Morgan fingerprint density at radius 3 is 0.762 bits per heavy atom. The molecule has 0 aliphatic heterocycles. The topological polar surface area (TPSA) is 0 Å². The van der Waals surface area contributed by atoms with Gasteiger partial charge in [0, 0.05) is 0 Å². The quantitative estimate of drug-likeness (QED) is 0.201. The van der Waals surface area contributed by atoms with Crippen molar-refractivity contribution in [1.82, 2.24) is 0 Å². The average Bonchev–Trinajstić information content (AvgIpc) is 2.99. The van der Waals surface area contributed by atoms with Crippen LogP contribution in [-0.4, -0.2) is 16.1 Å². The van der Waals surface area contributed by atoms with Crippen molar-refractivity contribution in [3.63, 3.8) is 0 Å². The highest BCUT2D eigenvalue weighted by Gasteiger charge is 2.48. The van der Waals surface area contributed by atoms with Gasteiger partial charge in [-0.15, -0.1) is 11.1 Å². The van der Waals surface area contributed by atoms with E-state index in [9.17, 15) is 0 Å². The van der Waals surface area contributed by atoms with Crippen LogP contribution < -0.4 is 20.7 Å². The largest absolute Gasteiger partial charge is 0.205 e. The number of rotatable bonds is 4. The van der Waals surface area contributed by atoms with E-state index in [-0.39, 0.29) is 10.1 Å². The second kappa shape index (κ2) is 13.0. The Morgan fingerprint density at radius 2 is 0.548 bits per heavy atom. The Hall–Kier alpha value is -4.45. The molecular formula is C40H38Si2. The molecule has 0 aliphatic rings. The van der Waals surface area contributed by atoms with Crippen LogP contribution in [0.4, 0.5) is 0 Å². The standard InChI is InChI=1S/C40H38Si2/c1-39(2,3)41(35-25-15-11-16-26-35,36-27-17-12-18-28-36)33-23-9-7-8-10-24-34-42(40(4,5)6,37-29-19-13-20-30-37)38-31-21-14-22-32-38/h11-22,25-32H,1-6H3. The monoisotopic (exact) mass is 574 g/mol. The lowest BCUT2D eigenvalue weighted by Gasteiger charge is -2.39. The number of benzene rings is 4. The maximum absolute atomic E-state index is 3.70. The summed E-state index contributed by atoms with van der Waals surface area (Å²) < 4.78 is 0. The molecule has 0 spiro atoms. The summed E-state index contributed by atoms with van der Waals surface area (Å²) in [6, 6.07) is 42.8. The Balaban J connectivity index is 1.75. The van der Waals surface area contributed by atoms with Gasteiger partial charge in [0.05, 0.1) is 0 Å². The summed E-state index contributed by atoms with van der Waals surface area (Å²) in [5, 5.41) is 5.08. The second-order valence-electron chi connectivity index (χ2n) is 12.5. The Labute approximate surface area is 255 Å². The van der Waals surface area contributed by atoms with E-state index in [1.54, 1.807) is 0 Å². The third-order valence-electron chi connectivity index (χ3n) is 7.89. The van der Waals surface area contributed by atoms with Crippen molar-refractivity contribution in [2.75, 3.05) is 0 Å². The minimum Gasteiger partial charge on any atom is -0.105 e. The first-order valence-corrected chi connectivity index (χ1v) is 18.4. The molecule has 0 unspecified atom stereocenters. The first-order valence-electron chi connectivity index (χ1n) is 14.4. The van der Waals surface area contributed by atoms with E-state index in [0.29, 0.717) is 0 Å². The number of hydrogen-bond acceptors (Lipinski definition) is 0. The van der Waals surface area contributed by atoms with Crippen LogP contribution >= 0.6 is 0 Å². The first kappa shape index (κ1) is 30.5. The molecule has 2 heteroatoms. The molecule has 0 heterocycles. The molecule has 0 fully saturated rings. The van der Waals surface area contributed by atoms with Crippen LogP contribution in [0.5, 0.6) is 0 Å². The Bertz CT molecular complexity index is 1510. The van der Waals surface area contributed by atoms with Gasteiger partial charge in [0.1, 0.15) is 0 Å². The molecular weight excluding hydrogens is 537 g/mol. The zero-order valence-corrected chi connectivity index (χ0v) is 27.5. The predicted molar refractivity (Wildman–Crippen MR) is 186 cm³/mol. The lowest BCUT2D eigenvalue weighted by molar-refractivity contribution is 0.740. The minimum atomic E-state index is -2.48. The minimum absolute atomic E-state index is 0.0443. The van der Waals surface area contributed by atoms with E-state index in [2.05, 4.69) is 209 Å². The summed E-state index contributed by atoms with van der Waals surface area (Å²) in [6.07, 6.45) is 0. The maximum atomic E-state index is 3.70. The molecule has 4 aromatic rings. The predicted octanol–water partition coefficient (Wildman–Crippen LogP) is 6.21. The molecule has 0 N–H and O–H groups in total. The van der Waals surface area contributed by atoms with Gasteiger partial charge in [-0.2, -0.15) is 0 Å². The smallest absolute Gasteiger partial charge is 0.105 e. The second-order valence-corrected chi connectivity index (χ2v) is 21.3. The van der Waals surface area contributed by atoms with E-state index in [1.165, 1.54) is 20.7 Å². The van der Waals surface area contributed by atoms with Crippen molar-refractivity contribution in [1.29, 1.82) is 0 Å². The molecule has 0 saturated heterocycles. The van der Waals surface area contributed by atoms with E-state index in [0.717, 1.165) is 0 Å². The van der Waals surface area contributed by atoms with Gasteiger partial charge in [0.15, 0.2) is 0 Å². The molecule has 0 bridgehead atoms. The molecule has 0 radical (unpaired) electrons. The summed E-state index contributed by atoms with van der Waals surface area (Å²) >= 11 is 0. The molecule has 0 aliphatic carbocycles. The molecule has 0 nitrogen and oxygen atoms in total. The molecule has 4 rings (SSSR count). The van der Waals surface area contributed by atoms with Crippen LogP contribution in [-0.2, 0) is 0 Å². The van der Waals surface area contributed by atoms with Gasteiger partial charge in [-0.3, -0.25) is 0 Å². The SMILES string of the molecule is CC(C)(C)[Si](C#CC#CC#CC#C[Si](c1ccccc1)(c1ccccc1)C(C)(C)C)(c1ccccc1)c1ccccc1. The lowest BCUT2D eigenvalue weighted by Crippen LogP contribution is -2.63. The van der Waals surface area contributed by atoms with Gasteiger partial charge in [0.25, 0.3) is 0 Å². The van der Waals surface area contributed by atoms with E-state index in [1.807, 2.05) is 0 Å². The van der Waals surface area contributed by atoms with Crippen LogP contribution in [0.15, 0.2) is 121 Å². The van der Waals surface area contributed by atoms with Crippen molar-refractivity contribution < 1.29 is 0 Å². The highest BCUT2D eigenvalue weighted by atomic mass is 28.3. The van der Waals surface area contributed by atoms with Crippen molar-refractivity contribution >= 4 is 36.9 Å². The third kappa shape index (κ3) is 6.23. The Kier molecular flexibility index (Phi) is 9.46. The van der Waals surface area contributed by atoms with Gasteiger partial charge >= 0.3 is 0 Å². The molecule has 206 valence electrons. The van der Waals surface area contributed by atoms with Gasteiger partial charge < -0.3 is 0 Å². The fourth-order valence-electron chi connectivity index (χ4n) is 5.86. The van der Waals surface area contributed by atoms with Crippen LogP contribution in [0.25, 0.3) is 0 Å². The van der Waals surface area contributed by atoms with Crippen LogP contribution in [0.3, 0.4) is 0 Å². The van der Waals surface area contributed by atoms with Crippen molar-refractivity contribution in [3.05, 3.63) is 121 Å². The van der Waals surface area contributed by atoms with Gasteiger partial charge in [-0.05, 0) is 66.3 Å². The Morgan fingerprint density at radius 1 is 0.333 bits per heavy atom. The molecule has 0 saturated carbocycles. The summed E-state index contributed by atoms with van der Waals surface area (Å²) in [5.74, 6) is 18.5. The summed E-state index contributed by atoms with van der Waals surface area (Å²) in [7, 11) is -4.96. The first-order chi connectivity index (χ1) is 20.1. The fourth-order valence-corrected chi connectivity index (χ4v) is 14.6. The van der Waals surface area contributed by atoms with Crippen molar-refractivity contribution in [3.8, 4) is 46.6 Å².